The quantitative estimate of drug-likeness (QED) is 0.816. The summed E-state index contributed by atoms with van der Waals surface area (Å²) in [4.78, 5) is 14.4. The van der Waals surface area contributed by atoms with Gasteiger partial charge in [-0.3, -0.25) is 4.79 Å². The molecule has 98 valence electrons. The van der Waals surface area contributed by atoms with E-state index >= 15 is 0 Å². The Morgan fingerprint density at radius 1 is 1.44 bits per heavy atom. The first-order valence-corrected chi connectivity index (χ1v) is 6.41. The largest absolute Gasteiger partial charge is 0.397 e. The molecule has 1 aliphatic rings. The monoisotopic (exact) mass is 247 g/mol. The van der Waals surface area contributed by atoms with E-state index in [4.69, 9.17) is 5.73 Å². The lowest BCUT2D eigenvalue weighted by atomic mass is 10.1. The maximum Gasteiger partial charge on any atom is 0.270 e. The molecule has 0 aromatic carbocycles. The van der Waals surface area contributed by atoms with Crippen LogP contribution >= 0.6 is 0 Å². The Morgan fingerprint density at radius 3 is 2.78 bits per heavy atom. The van der Waals surface area contributed by atoms with Crippen molar-refractivity contribution in [3.63, 3.8) is 0 Å². The molecule has 0 atom stereocenters. The molecule has 0 radical (unpaired) electrons. The van der Waals surface area contributed by atoms with Gasteiger partial charge in [-0.25, -0.2) is 0 Å². The summed E-state index contributed by atoms with van der Waals surface area (Å²) in [6.45, 7) is 7.69. The van der Waals surface area contributed by atoms with Crippen LogP contribution in [0.2, 0.25) is 0 Å². The molecule has 0 saturated carbocycles. The lowest BCUT2D eigenvalue weighted by Crippen LogP contribution is -2.36. The number of carbonyl (C=O) groups is 1. The van der Waals surface area contributed by atoms with Gasteiger partial charge in [-0.15, -0.1) is 0 Å². The lowest BCUT2D eigenvalue weighted by molar-refractivity contribution is 0.0753. The number of anilines is 1. The number of nitrogens with zero attached hydrogens (tertiary/aromatic N) is 2. The zero-order chi connectivity index (χ0) is 13.3. The van der Waals surface area contributed by atoms with Gasteiger partial charge in [0.1, 0.15) is 5.69 Å². The number of amides is 1. The number of rotatable bonds is 2. The minimum Gasteiger partial charge on any atom is -0.397 e. The molecule has 2 rings (SSSR count). The molecule has 4 nitrogen and oxygen atoms in total. The van der Waals surface area contributed by atoms with Crippen molar-refractivity contribution in [2.24, 2.45) is 0 Å². The zero-order valence-electron chi connectivity index (χ0n) is 11.3. The highest BCUT2D eigenvalue weighted by atomic mass is 16.2. The summed E-state index contributed by atoms with van der Waals surface area (Å²) in [7, 11) is 0. The minimum atomic E-state index is 0.0767. The first-order chi connectivity index (χ1) is 8.49. The second kappa shape index (κ2) is 4.88. The first kappa shape index (κ1) is 12.7. The van der Waals surface area contributed by atoms with Crippen LogP contribution < -0.4 is 5.73 Å². The third kappa shape index (κ3) is 2.42. The van der Waals surface area contributed by atoms with Crippen LogP contribution in [-0.4, -0.2) is 28.5 Å². The second-order valence-electron chi connectivity index (χ2n) is 5.23. The topological polar surface area (TPSA) is 51.3 Å². The van der Waals surface area contributed by atoms with Gasteiger partial charge < -0.3 is 15.2 Å². The molecule has 0 unspecified atom stereocenters. The Bertz CT molecular complexity index is 485. The predicted molar refractivity (Wildman–Crippen MR) is 73.5 cm³/mol. The van der Waals surface area contributed by atoms with E-state index in [1.807, 2.05) is 15.7 Å². The van der Waals surface area contributed by atoms with E-state index in [1.54, 1.807) is 6.07 Å². The van der Waals surface area contributed by atoms with Crippen molar-refractivity contribution >= 4 is 11.6 Å². The molecule has 4 heteroatoms. The zero-order valence-corrected chi connectivity index (χ0v) is 11.3. The second-order valence-corrected chi connectivity index (χ2v) is 5.23. The van der Waals surface area contributed by atoms with Crippen LogP contribution in [0, 0.1) is 0 Å². The van der Waals surface area contributed by atoms with Gasteiger partial charge in [0, 0.05) is 25.3 Å². The molecule has 0 bridgehead atoms. The molecule has 18 heavy (non-hydrogen) atoms. The fraction of sp³-hybridized carbons (Fsp3) is 0.500. The van der Waals surface area contributed by atoms with Gasteiger partial charge in [0.25, 0.3) is 5.91 Å². The number of hydrogen-bond acceptors (Lipinski definition) is 2. The first-order valence-electron chi connectivity index (χ1n) is 6.41. The molecule has 0 saturated heterocycles. The van der Waals surface area contributed by atoms with Crippen molar-refractivity contribution in [3.05, 3.63) is 29.6 Å². The Kier molecular flexibility index (Phi) is 3.45. The number of carbonyl (C=O) groups excluding carboxylic acids is 1. The summed E-state index contributed by atoms with van der Waals surface area (Å²) in [5, 5.41) is 0. The maximum atomic E-state index is 12.5. The molecule has 1 amide bonds. The number of nitrogens with two attached hydrogens (primary N) is 1. The molecule has 0 aliphatic carbocycles. The van der Waals surface area contributed by atoms with Crippen molar-refractivity contribution in [2.45, 2.75) is 33.2 Å². The smallest absolute Gasteiger partial charge is 0.270 e. The molecule has 0 spiro atoms. The van der Waals surface area contributed by atoms with Crippen LogP contribution in [0.5, 0.6) is 0 Å². The normalized spacial score (nSPS) is 16.0. The van der Waals surface area contributed by atoms with E-state index in [1.165, 1.54) is 5.57 Å². The van der Waals surface area contributed by atoms with E-state index in [0.717, 1.165) is 19.5 Å². The van der Waals surface area contributed by atoms with E-state index in [-0.39, 0.29) is 11.9 Å². The Hall–Kier alpha value is -1.71. The number of nitrogen functional groups attached to an aromatic ring is 1. The SMILES string of the molecule is CC1=CCCN(C(=O)c2cc(N)cn2C(C)C)C1. The number of aromatic nitrogens is 1. The standard InChI is InChI=1S/C14H21N3O/c1-10(2)17-9-12(15)7-13(17)14(18)16-6-4-5-11(3)8-16/h5,7,9-10H,4,6,8,15H2,1-3H3. The highest BCUT2D eigenvalue weighted by molar-refractivity contribution is 5.94. The molecular weight excluding hydrogens is 226 g/mol. The summed E-state index contributed by atoms with van der Waals surface area (Å²) in [5.74, 6) is 0.0767. The van der Waals surface area contributed by atoms with Crippen molar-refractivity contribution < 1.29 is 4.79 Å². The highest BCUT2D eigenvalue weighted by Crippen LogP contribution is 2.20. The molecule has 0 fully saturated rings. The fourth-order valence-corrected chi connectivity index (χ4v) is 2.35. The van der Waals surface area contributed by atoms with Crippen LogP contribution in [0.3, 0.4) is 0 Å². The van der Waals surface area contributed by atoms with E-state index in [2.05, 4.69) is 26.8 Å². The lowest BCUT2D eigenvalue weighted by Gasteiger charge is -2.27. The Labute approximate surface area is 108 Å². The third-order valence-electron chi connectivity index (χ3n) is 3.26. The molecule has 1 aromatic heterocycles. The summed E-state index contributed by atoms with van der Waals surface area (Å²) in [5.41, 5.74) is 8.40. The van der Waals surface area contributed by atoms with Crippen LogP contribution in [-0.2, 0) is 0 Å². The van der Waals surface area contributed by atoms with Gasteiger partial charge >= 0.3 is 0 Å². The minimum absolute atomic E-state index is 0.0767. The third-order valence-corrected chi connectivity index (χ3v) is 3.26. The van der Waals surface area contributed by atoms with Crippen molar-refractivity contribution in [1.82, 2.24) is 9.47 Å². The van der Waals surface area contributed by atoms with Gasteiger partial charge in [0.05, 0.1) is 5.69 Å². The van der Waals surface area contributed by atoms with Crippen LogP contribution in [0.1, 0.15) is 43.7 Å². The van der Waals surface area contributed by atoms with Crippen LogP contribution in [0.25, 0.3) is 0 Å². The van der Waals surface area contributed by atoms with Gasteiger partial charge in [0.2, 0.25) is 0 Å². The maximum absolute atomic E-state index is 12.5. The van der Waals surface area contributed by atoms with Crippen LogP contribution in [0.4, 0.5) is 5.69 Å². The summed E-state index contributed by atoms with van der Waals surface area (Å²) in [6, 6.07) is 2.01. The van der Waals surface area contributed by atoms with Gasteiger partial charge in [-0.05, 0) is 33.3 Å². The summed E-state index contributed by atoms with van der Waals surface area (Å²) >= 11 is 0. The average Bonchev–Trinajstić information content (AvgIpc) is 2.70. The summed E-state index contributed by atoms with van der Waals surface area (Å²) in [6.07, 6.45) is 4.97. The number of hydrogen-bond donors (Lipinski definition) is 1. The predicted octanol–water partition coefficient (Wildman–Crippen LogP) is 2.44. The molecule has 1 aliphatic heterocycles. The van der Waals surface area contributed by atoms with E-state index < -0.39 is 0 Å². The van der Waals surface area contributed by atoms with Crippen LogP contribution in [0.15, 0.2) is 23.9 Å². The van der Waals surface area contributed by atoms with Gasteiger partial charge in [-0.2, -0.15) is 0 Å². The van der Waals surface area contributed by atoms with Gasteiger partial charge in [0.15, 0.2) is 0 Å². The molecular formula is C14H21N3O. The highest BCUT2D eigenvalue weighted by Gasteiger charge is 2.22. The van der Waals surface area contributed by atoms with Crippen molar-refractivity contribution in [1.29, 1.82) is 0 Å². The van der Waals surface area contributed by atoms with Crippen molar-refractivity contribution in [3.8, 4) is 0 Å². The average molecular weight is 247 g/mol. The molecule has 1 aromatic rings. The van der Waals surface area contributed by atoms with E-state index in [0.29, 0.717) is 11.4 Å². The Balaban J connectivity index is 2.26. The van der Waals surface area contributed by atoms with Crippen molar-refractivity contribution in [2.75, 3.05) is 18.8 Å². The molecule has 2 heterocycles. The molecule has 2 N–H and O–H groups in total. The fourth-order valence-electron chi connectivity index (χ4n) is 2.35. The van der Waals surface area contributed by atoms with E-state index in [9.17, 15) is 4.79 Å². The summed E-state index contributed by atoms with van der Waals surface area (Å²) < 4.78 is 1.95. The van der Waals surface area contributed by atoms with Gasteiger partial charge in [-0.1, -0.05) is 11.6 Å². The Morgan fingerprint density at radius 2 is 2.17 bits per heavy atom.